The lowest BCUT2D eigenvalue weighted by molar-refractivity contribution is -0.120. The molecule has 0 atom stereocenters. The minimum absolute atomic E-state index is 0.0427. The minimum atomic E-state index is 0.0427. The highest BCUT2D eigenvalue weighted by atomic mass is 35.5. The third kappa shape index (κ3) is 4.70. The van der Waals surface area contributed by atoms with Crippen molar-refractivity contribution in [2.45, 2.75) is 37.5 Å². The van der Waals surface area contributed by atoms with E-state index in [0.717, 1.165) is 37.8 Å². The van der Waals surface area contributed by atoms with Crippen LogP contribution in [0.4, 0.5) is 0 Å². The molecule has 1 fully saturated rings. The summed E-state index contributed by atoms with van der Waals surface area (Å²) in [4.78, 5) is 11.9. The molecular weight excluding hydrogens is 281 g/mol. The van der Waals surface area contributed by atoms with Crippen LogP contribution in [0, 0.1) is 5.92 Å². The molecule has 1 aliphatic carbocycles. The lowest BCUT2D eigenvalue weighted by atomic mass is 9.89. The number of benzene rings is 1. The van der Waals surface area contributed by atoms with Crippen molar-refractivity contribution in [2.75, 3.05) is 6.54 Å². The van der Waals surface area contributed by atoms with Gasteiger partial charge in [-0.05, 0) is 43.2 Å². The summed E-state index contributed by atoms with van der Waals surface area (Å²) >= 11 is 12.1. The zero-order valence-electron chi connectivity index (χ0n) is 10.9. The average Bonchev–Trinajstić information content (AvgIpc) is 2.41. The first-order valence-electron chi connectivity index (χ1n) is 6.79. The summed E-state index contributed by atoms with van der Waals surface area (Å²) in [6.07, 6.45) is 4.70. The van der Waals surface area contributed by atoms with Crippen LogP contribution in [0.2, 0.25) is 5.02 Å². The summed E-state index contributed by atoms with van der Waals surface area (Å²) in [5.41, 5.74) is 0.881. The van der Waals surface area contributed by atoms with Gasteiger partial charge in [-0.1, -0.05) is 29.8 Å². The largest absolute Gasteiger partial charge is 0.356 e. The van der Waals surface area contributed by atoms with Gasteiger partial charge in [0.2, 0.25) is 5.91 Å². The van der Waals surface area contributed by atoms with E-state index in [4.69, 9.17) is 23.2 Å². The molecule has 1 amide bonds. The Morgan fingerprint density at radius 2 is 1.89 bits per heavy atom. The van der Waals surface area contributed by atoms with Crippen molar-refractivity contribution in [3.63, 3.8) is 0 Å². The molecule has 0 bridgehead atoms. The quantitative estimate of drug-likeness (QED) is 0.842. The first-order chi connectivity index (χ1) is 9.15. The van der Waals surface area contributed by atoms with Gasteiger partial charge in [0, 0.05) is 16.9 Å². The Balaban J connectivity index is 1.74. The predicted octanol–water partition coefficient (Wildman–Crippen LogP) is 3.80. The van der Waals surface area contributed by atoms with Gasteiger partial charge >= 0.3 is 0 Å². The Bertz CT molecular complexity index is 428. The second-order valence-corrected chi connectivity index (χ2v) is 6.21. The van der Waals surface area contributed by atoms with Crippen LogP contribution in [-0.2, 0) is 11.2 Å². The Labute approximate surface area is 124 Å². The van der Waals surface area contributed by atoms with Gasteiger partial charge in [0.15, 0.2) is 0 Å². The Hall–Kier alpha value is -0.730. The zero-order valence-corrected chi connectivity index (χ0v) is 12.4. The zero-order chi connectivity index (χ0) is 13.7. The van der Waals surface area contributed by atoms with E-state index in [2.05, 4.69) is 5.32 Å². The summed E-state index contributed by atoms with van der Waals surface area (Å²) in [7, 11) is 0. The Kier molecular flexibility index (Phi) is 5.53. The molecule has 0 aromatic heterocycles. The highest BCUT2D eigenvalue weighted by Gasteiger charge is 2.19. The fourth-order valence-corrected chi connectivity index (χ4v) is 2.92. The normalized spacial score (nSPS) is 23.1. The maximum Gasteiger partial charge on any atom is 0.224 e. The molecule has 0 heterocycles. The van der Waals surface area contributed by atoms with E-state index in [1.54, 1.807) is 0 Å². The molecule has 2 nitrogen and oxygen atoms in total. The lowest BCUT2D eigenvalue weighted by Crippen LogP contribution is -2.32. The summed E-state index contributed by atoms with van der Waals surface area (Å²) in [5, 5.41) is 3.98. The van der Waals surface area contributed by atoms with E-state index in [0.29, 0.717) is 22.7 Å². The standard InChI is InChI=1S/C15H19Cl2NO/c16-13-7-5-11(6-8-13)10-18-15(19)9-12-3-1-2-4-14(12)17/h1-4,11,13H,5-10H2,(H,18,19). The molecule has 1 aromatic carbocycles. The lowest BCUT2D eigenvalue weighted by Gasteiger charge is -2.25. The maximum absolute atomic E-state index is 11.9. The number of carbonyl (C=O) groups excluding carboxylic acids is 1. The van der Waals surface area contributed by atoms with Gasteiger partial charge in [-0.15, -0.1) is 11.6 Å². The second kappa shape index (κ2) is 7.16. The number of alkyl halides is 1. The summed E-state index contributed by atoms with van der Waals surface area (Å²) < 4.78 is 0. The fraction of sp³-hybridized carbons (Fsp3) is 0.533. The Morgan fingerprint density at radius 1 is 1.21 bits per heavy atom. The first-order valence-corrected chi connectivity index (χ1v) is 7.60. The highest BCUT2D eigenvalue weighted by molar-refractivity contribution is 6.31. The Morgan fingerprint density at radius 3 is 2.58 bits per heavy atom. The molecule has 0 spiro atoms. The third-order valence-electron chi connectivity index (χ3n) is 3.67. The van der Waals surface area contributed by atoms with E-state index in [-0.39, 0.29) is 5.91 Å². The maximum atomic E-state index is 11.9. The molecule has 1 aromatic rings. The van der Waals surface area contributed by atoms with Gasteiger partial charge < -0.3 is 5.32 Å². The van der Waals surface area contributed by atoms with E-state index in [1.165, 1.54) is 0 Å². The molecule has 0 saturated heterocycles. The van der Waals surface area contributed by atoms with Crippen LogP contribution in [0.25, 0.3) is 0 Å². The van der Waals surface area contributed by atoms with E-state index >= 15 is 0 Å². The summed E-state index contributed by atoms with van der Waals surface area (Å²) in [6, 6.07) is 7.47. The van der Waals surface area contributed by atoms with Gasteiger partial charge in [-0.2, -0.15) is 0 Å². The van der Waals surface area contributed by atoms with Crippen LogP contribution in [0.5, 0.6) is 0 Å². The molecule has 1 N–H and O–H groups in total. The number of halogens is 2. The minimum Gasteiger partial charge on any atom is -0.356 e. The van der Waals surface area contributed by atoms with E-state index in [9.17, 15) is 4.79 Å². The molecule has 1 saturated carbocycles. The smallest absolute Gasteiger partial charge is 0.224 e. The SMILES string of the molecule is O=C(Cc1ccccc1Cl)NCC1CCC(Cl)CC1. The third-order valence-corrected chi connectivity index (χ3v) is 4.48. The van der Waals surface area contributed by atoms with Crippen LogP contribution >= 0.6 is 23.2 Å². The number of rotatable bonds is 4. The molecular formula is C15H19Cl2NO. The van der Waals surface area contributed by atoms with Crippen LogP contribution in [0.3, 0.4) is 0 Å². The van der Waals surface area contributed by atoms with Gasteiger partial charge in [0.25, 0.3) is 0 Å². The molecule has 1 aliphatic rings. The van der Waals surface area contributed by atoms with Crippen molar-refractivity contribution in [1.29, 1.82) is 0 Å². The monoisotopic (exact) mass is 299 g/mol. The molecule has 0 radical (unpaired) electrons. The number of nitrogens with one attached hydrogen (secondary N) is 1. The summed E-state index contributed by atoms with van der Waals surface area (Å²) in [6.45, 7) is 0.757. The number of hydrogen-bond donors (Lipinski definition) is 1. The first kappa shape index (κ1) is 14.7. The summed E-state index contributed by atoms with van der Waals surface area (Å²) in [5.74, 6) is 0.617. The molecule has 19 heavy (non-hydrogen) atoms. The fourth-order valence-electron chi connectivity index (χ4n) is 2.46. The van der Waals surface area contributed by atoms with Crippen molar-refractivity contribution in [1.82, 2.24) is 5.32 Å². The van der Waals surface area contributed by atoms with E-state index in [1.807, 2.05) is 24.3 Å². The predicted molar refractivity (Wildman–Crippen MR) is 79.8 cm³/mol. The van der Waals surface area contributed by atoms with Crippen molar-refractivity contribution >= 4 is 29.1 Å². The number of carbonyl (C=O) groups is 1. The van der Waals surface area contributed by atoms with Crippen molar-refractivity contribution in [2.24, 2.45) is 5.92 Å². The molecule has 104 valence electrons. The average molecular weight is 300 g/mol. The van der Waals surface area contributed by atoms with Crippen LogP contribution in [0.15, 0.2) is 24.3 Å². The van der Waals surface area contributed by atoms with Crippen LogP contribution in [-0.4, -0.2) is 17.8 Å². The van der Waals surface area contributed by atoms with Crippen molar-refractivity contribution in [3.8, 4) is 0 Å². The second-order valence-electron chi connectivity index (χ2n) is 5.19. The molecule has 4 heteroatoms. The molecule has 0 unspecified atom stereocenters. The van der Waals surface area contributed by atoms with Gasteiger partial charge in [-0.3, -0.25) is 4.79 Å². The van der Waals surface area contributed by atoms with Crippen molar-refractivity contribution in [3.05, 3.63) is 34.9 Å². The van der Waals surface area contributed by atoms with E-state index < -0.39 is 0 Å². The molecule has 2 rings (SSSR count). The van der Waals surface area contributed by atoms with Crippen molar-refractivity contribution < 1.29 is 4.79 Å². The van der Waals surface area contributed by atoms with Gasteiger partial charge in [-0.25, -0.2) is 0 Å². The molecule has 0 aliphatic heterocycles. The van der Waals surface area contributed by atoms with Crippen LogP contribution < -0.4 is 5.32 Å². The topological polar surface area (TPSA) is 29.1 Å². The highest BCUT2D eigenvalue weighted by Crippen LogP contribution is 2.27. The van der Waals surface area contributed by atoms with Gasteiger partial charge in [0.05, 0.1) is 6.42 Å². The van der Waals surface area contributed by atoms with Crippen LogP contribution in [0.1, 0.15) is 31.2 Å². The van der Waals surface area contributed by atoms with Gasteiger partial charge in [0.1, 0.15) is 0 Å². The number of amides is 1. The number of hydrogen-bond acceptors (Lipinski definition) is 1.